The second kappa shape index (κ2) is 28.0. The topological polar surface area (TPSA) is 251 Å². The van der Waals surface area contributed by atoms with Crippen molar-refractivity contribution >= 4 is 35.4 Å². The second-order valence-electron chi connectivity index (χ2n) is 18.7. The van der Waals surface area contributed by atoms with Crippen LogP contribution in [0.4, 0.5) is 0 Å². The van der Waals surface area contributed by atoms with Crippen molar-refractivity contribution in [1.82, 2.24) is 0 Å². The molecule has 0 bridgehead atoms. The summed E-state index contributed by atoms with van der Waals surface area (Å²) in [6.07, 6.45) is 17.1. The summed E-state index contributed by atoms with van der Waals surface area (Å²) in [6.45, 7) is 17.5. The summed E-state index contributed by atoms with van der Waals surface area (Å²) in [5.41, 5.74) is 5.62. The van der Waals surface area contributed by atoms with E-state index in [2.05, 4.69) is 0 Å². The Morgan fingerprint density at radius 1 is 0.580 bits per heavy atom. The molecule has 69 heavy (non-hydrogen) atoms. The number of carboxylic acids is 1. The molecule has 0 saturated heterocycles. The fourth-order valence-corrected chi connectivity index (χ4v) is 7.52. The molecule has 6 unspecified atom stereocenters. The Kier molecular flexibility index (Phi) is 24.0. The molecule has 0 aliphatic heterocycles. The van der Waals surface area contributed by atoms with Crippen LogP contribution in [0.25, 0.3) is 0 Å². The molecule has 0 heterocycles. The molecule has 0 fully saturated rings. The summed E-state index contributed by atoms with van der Waals surface area (Å²) >= 11 is 0. The number of aliphatic carboxylic acids is 1. The maximum absolute atomic E-state index is 13.3. The second-order valence-corrected chi connectivity index (χ2v) is 18.7. The Labute approximate surface area is 406 Å². The number of rotatable bonds is 24. The van der Waals surface area contributed by atoms with Crippen LogP contribution in [0.5, 0.6) is 0 Å². The van der Waals surface area contributed by atoms with Gasteiger partial charge in [-0.3, -0.25) is 28.8 Å². The molecule has 0 spiro atoms. The average Bonchev–Trinajstić information content (AvgIpc) is 3.27. The first-order valence-corrected chi connectivity index (χ1v) is 22.9. The first-order valence-electron chi connectivity index (χ1n) is 22.9. The number of aliphatic hydroxyl groups is 5. The normalized spacial score (nSPS) is 21.5. The molecule has 2 rings (SSSR count). The molecule has 2 aliphatic rings. The van der Waals surface area contributed by atoms with Crippen LogP contribution in [0.3, 0.4) is 0 Å². The number of carboxylic acid groups (broad SMARTS) is 1. The van der Waals surface area contributed by atoms with E-state index in [0.29, 0.717) is 17.6 Å². The molecule has 378 valence electrons. The van der Waals surface area contributed by atoms with Gasteiger partial charge in [-0.25, -0.2) is 0 Å². The third-order valence-electron chi connectivity index (χ3n) is 11.6. The zero-order valence-corrected chi connectivity index (χ0v) is 41.6. The largest absolute Gasteiger partial charge is 0.481 e. The summed E-state index contributed by atoms with van der Waals surface area (Å²) in [5, 5.41) is 56.6. The van der Waals surface area contributed by atoms with Gasteiger partial charge >= 0.3 is 23.9 Å². The molecule has 0 aromatic carbocycles. The molecule has 0 aromatic rings. The van der Waals surface area contributed by atoms with Crippen molar-refractivity contribution < 1.29 is 73.6 Å². The highest BCUT2D eigenvalue weighted by molar-refractivity contribution is 6.02. The molecular weight excluding hydrogens is 889 g/mol. The number of carbonyl (C=O) groups is 6. The van der Waals surface area contributed by atoms with Gasteiger partial charge in [0.15, 0.2) is 23.8 Å². The van der Waals surface area contributed by atoms with E-state index < -0.39 is 97.4 Å². The van der Waals surface area contributed by atoms with E-state index in [1.807, 2.05) is 140 Å². The zero-order chi connectivity index (χ0) is 52.2. The zero-order valence-electron chi connectivity index (χ0n) is 41.6. The Balaban J connectivity index is 1.93. The summed E-state index contributed by atoms with van der Waals surface area (Å²) in [7, 11) is 0. The van der Waals surface area contributed by atoms with Gasteiger partial charge < -0.3 is 44.8 Å². The summed E-state index contributed by atoms with van der Waals surface area (Å²) in [6, 6.07) is 0. The lowest BCUT2D eigenvalue weighted by Crippen LogP contribution is -2.47. The molecule has 15 heteroatoms. The van der Waals surface area contributed by atoms with Crippen molar-refractivity contribution in [3.8, 4) is 0 Å². The number of Topliss-reactive ketones (excluding diaryl/α,β-unsaturated/α-hetero) is 2. The van der Waals surface area contributed by atoms with Crippen LogP contribution in [0.2, 0.25) is 0 Å². The molecule has 6 atom stereocenters. The number of aliphatic hydroxyl groups excluding tert-OH is 5. The third kappa shape index (κ3) is 20.0. The Morgan fingerprint density at radius 2 is 0.942 bits per heavy atom. The van der Waals surface area contributed by atoms with Crippen molar-refractivity contribution in [2.24, 2.45) is 10.8 Å². The van der Waals surface area contributed by atoms with Gasteiger partial charge in [-0.05, 0) is 74.7 Å². The monoisotopic (exact) mass is 960 g/mol. The predicted molar refractivity (Wildman–Crippen MR) is 261 cm³/mol. The number of ether oxygens (including phenoxy) is 3. The quantitative estimate of drug-likeness (QED) is 0.0337. The lowest BCUT2D eigenvalue weighted by atomic mass is 9.71. The molecule has 0 radical (unpaired) electrons. The van der Waals surface area contributed by atoms with E-state index in [1.165, 1.54) is 0 Å². The van der Waals surface area contributed by atoms with Crippen LogP contribution in [-0.2, 0) is 43.0 Å². The standard InChI is InChI=1S/C54H72O15/c1-33(17-13-19-35(3)21-23-39-37(5)49(63)43(29-53(39,7)8)68-47(61)26-25-45(58)59)15-11-12-16-34(2)18-14-20-36(4)22-24-40-38(6)50(64)44(30-54(40,9)10)69-48(62)28-27-46(60)67-32-42(57)52(66)51(65)41(56)31-55/h11-24,41-44,51-52,55-57,65-66H,25-32H2,1-10H3,(H,58,59). The maximum atomic E-state index is 13.3. The van der Waals surface area contributed by atoms with Gasteiger partial charge in [0.05, 0.1) is 32.3 Å². The summed E-state index contributed by atoms with van der Waals surface area (Å²) in [4.78, 5) is 73.9. The van der Waals surface area contributed by atoms with Gasteiger partial charge in [0.1, 0.15) is 31.0 Å². The average molecular weight is 961 g/mol. The minimum Gasteiger partial charge on any atom is -0.481 e. The van der Waals surface area contributed by atoms with Crippen LogP contribution >= 0.6 is 0 Å². The number of allylic oxidation sites excluding steroid dienone is 20. The van der Waals surface area contributed by atoms with Crippen LogP contribution in [0, 0.1) is 10.8 Å². The first kappa shape index (κ1) is 59.3. The summed E-state index contributed by atoms with van der Waals surface area (Å²) in [5.74, 6) is -4.11. The minimum atomic E-state index is -1.90. The predicted octanol–water partition coefficient (Wildman–Crippen LogP) is 6.63. The number of carbonyl (C=O) groups excluding carboxylic acids is 5. The first-order chi connectivity index (χ1) is 32.2. The lowest BCUT2D eigenvalue weighted by molar-refractivity contribution is -0.161. The van der Waals surface area contributed by atoms with E-state index in [0.717, 1.165) is 33.4 Å². The molecule has 2 aliphatic carbocycles. The smallest absolute Gasteiger partial charge is 0.307 e. The van der Waals surface area contributed by atoms with E-state index in [4.69, 9.17) is 24.4 Å². The van der Waals surface area contributed by atoms with Gasteiger partial charge in [0, 0.05) is 12.8 Å². The van der Waals surface area contributed by atoms with Crippen LogP contribution < -0.4 is 0 Å². The van der Waals surface area contributed by atoms with E-state index >= 15 is 0 Å². The Morgan fingerprint density at radius 3 is 1.35 bits per heavy atom. The van der Waals surface area contributed by atoms with Gasteiger partial charge in [0.25, 0.3) is 0 Å². The van der Waals surface area contributed by atoms with Gasteiger partial charge in [-0.1, -0.05) is 135 Å². The van der Waals surface area contributed by atoms with Crippen molar-refractivity contribution in [2.45, 2.75) is 144 Å². The van der Waals surface area contributed by atoms with Gasteiger partial charge in [0.2, 0.25) is 0 Å². The van der Waals surface area contributed by atoms with Crippen molar-refractivity contribution in [2.75, 3.05) is 13.2 Å². The van der Waals surface area contributed by atoms with Crippen molar-refractivity contribution in [1.29, 1.82) is 0 Å². The van der Waals surface area contributed by atoms with E-state index in [9.17, 15) is 49.2 Å². The maximum Gasteiger partial charge on any atom is 0.307 e. The highest BCUT2D eigenvalue weighted by Crippen LogP contribution is 2.42. The third-order valence-corrected chi connectivity index (χ3v) is 11.6. The molecule has 15 nitrogen and oxygen atoms in total. The summed E-state index contributed by atoms with van der Waals surface area (Å²) < 4.78 is 15.7. The number of hydrogen-bond donors (Lipinski definition) is 6. The fourth-order valence-electron chi connectivity index (χ4n) is 7.52. The van der Waals surface area contributed by atoms with E-state index in [1.54, 1.807) is 13.8 Å². The van der Waals surface area contributed by atoms with Crippen molar-refractivity contribution in [3.63, 3.8) is 0 Å². The van der Waals surface area contributed by atoms with Crippen LogP contribution in [0.1, 0.15) is 108 Å². The molecule has 0 saturated carbocycles. The van der Waals surface area contributed by atoms with Crippen molar-refractivity contribution in [3.05, 3.63) is 130 Å². The number of ketones is 2. The molecule has 6 N–H and O–H groups in total. The van der Waals surface area contributed by atoms with E-state index in [-0.39, 0.29) is 30.8 Å². The number of esters is 3. The Bertz CT molecular complexity index is 2230. The minimum absolute atomic E-state index is 0.222. The number of hydrogen-bond acceptors (Lipinski definition) is 14. The van der Waals surface area contributed by atoms with Gasteiger partial charge in [-0.15, -0.1) is 0 Å². The fraction of sp³-hybridized carbons (Fsp3) is 0.481. The molecule has 0 amide bonds. The lowest BCUT2D eigenvalue weighted by Gasteiger charge is -2.36. The molecular formula is C54H72O15. The van der Waals surface area contributed by atoms with Crippen LogP contribution in [-0.4, -0.2) is 116 Å². The highest BCUT2D eigenvalue weighted by atomic mass is 16.6. The van der Waals surface area contributed by atoms with Gasteiger partial charge in [-0.2, -0.15) is 0 Å². The molecule has 0 aromatic heterocycles. The highest BCUT2D eigenvalue weighted by Gasteiger charge is 2.41. The Hall–Kier alpha value is -5.84. The van der Waals surface area contributed by atoms with Crippen LogP contribution in [0.15, 0.2) is 130 Å². The SMILES string of the molecule is CC(C=CC=C(C)C=CC1=C(C)C(=O)C(OC(=O)CCC(=O)O)CC1(C)C)=CC=CC=C(C)C=CC=C(C)C=CC1=C(C)C(=O)C(OC(=O)CCC(=O)OCC(O)C(O)C(O)C(O)CO)CC1(C)C.